The highest BCUT2D eigenvalue weighted by Crippen LogP contribution is 2.25. The van der Waals surface area contributed by atoms with Crippen molar-refractivity contribution in [3.8, 4) is 0 Å². The summed E-state index contributed by atoms with van der Waals surface area (Å²) in [6.07, 6.45) is 7.17. The van der Waals surface area contributed by atoms with Crippen LogP contribution in [0.1, 0.15) is 18.4 Å². The number of nitrogens with one attached hydrogen (secondary N) is 1. The molecule has 0 amide bonds. The Labute approximate surface area is 102 Å². The minimum absolute atomic E-state index is 0.852. The van der Waals surface area contributed by atoms with Gasteiger partial charge in [-0.25, -0.2) is 0 Å². The fraction of sp³-hybridized carbons (Fsp3) is 0.429. The summed E-state index contributed by atoms with van der Waals surface area (Å²) in [5.41, 5.74) is 1.28. The van der Waals surface area contributed by atoms with Gasteiger partial charge in [-0.2, -0.15) is 11.8 Å². The van der Waals surface area contributed by atoms with Crippen molar-refractivity contribution in [2.45, 2.75) is 18.1 Å². The Morgan fingerprint density at radius 3 is 2.94 bits per heavy atom. The lowest BCUT2D eigenvalue weighted by Crippen LogP contribution is -2.22. The Morgan fingerprint density at radius 2 is 2.19 bits per heavy atom. The van der Waals surface area contributed by atoms with E-state index in [2.05, 4.69) is 53.5 Å². The van der Waals surface area contributed by atoms with Gasteiger partial charge in [-0.1, -0.05) is 42.5 Å². The van der Waals surface area contributed by atoms with Crippen LogP contribution in [0.15, 0.2) is 36.4 Å². The molecule has 1 aliphatic rings. The lowest BCUT2D eigenvalue weighted by atomic mass is 10.2. The van der Waals surface area contributed by atoms with Gasteiger partial charge in [0.25, 0.3) is 0 Å². The SMILES string of the molecule is C(=C\c1ccccc1)/CNCC1CCCS1. The topological polar surface area (TPSA) is 12.0 Å². The van der Waals surface area contributed by atoms with E-state index in [0.717, 1.165) is 18.3 Å². The molecule has 1 unspecified atom stereocenters. The second kappa shape index (κ2) is 6.77. The first kappa shape index (κ1) is 11.7. The minimum atomic E-state index is 0.852. The maximum atomic E-state index is 3.49. The summed E-state index contributed by atoms with van der Waals surface area (Å²) in [4.78, 5) is 0. The third-order valence-electron chi connectivity index (χ3n) is 2.77. The molecule has 1 aromatic carbocycles. The zero-order valence-electron chi connectivity index (χ0n) is 9.56. The van der Waals surface area contributed by atoms with E-state index in [9.17, 15) is 0 Å². The molecule has 2 heteroatoms. The summed E-state index contributed by atoms with van der Waals surface area (Å²) in [7, 11) is 0. The molecular weight excluding hydrogens is 214 g/mol. The first-order chi connectivity index (χ1) is 7.95. The molecule has 0 aromatic heterocycles. The van der Waals surface area contributed by atoms with Crippen molar-refractivity contribution in [2.75, 3.05) is 18.8 Å². The lowest BCUT2D eigenvalue weighted by Gasteiger charge is -2.07. The van der Waals surface area contributed by atoms with E-state index in [0.29, 0.717) is 0 Å². The molecule has 1 atom stereocenters. The molecule has 86 valence electrons. The molecule has 2 rings (SSSR count). The van der Waals surface area contributed by atoms with E-state index < -0.39 is 0 Å². The van der Waals surface area contributed by atoms with Crippen molar-refractivity contribution in [1.82, 2.24) is 5.32 Å². The van der Waals surface area contributed by atoms with E-state index in [4.69, 9.17) is 0 Å². The van der Waals surface area contributed by atoms with Crippen molar-refractivity contribution in [3.63, 3.8) is 0 Å². The number of hydrogen-bond acceptors (Lipinski definition) is 2. The van der Waals surface area contributed by atoms with Gasteiger partial charge in [0.05, 0.1) is 0 Å². The van der Waals surface area contributed by atoms with Gasteiger partial charge in [-0.3, -0.25) is 0 Å². The minimum Gasteiger partial charge on any atom is -0.312 e. The van der Waals surface area contributed by atoms with Gasteiger partial charge in [-0.05, 0) is 24.2 Å². The average molecular weight is 233 g/mol. The maximum Gasteiger partial charge on any atom is 0.0172 e. The highest BCUT2D eigenvalue weighted by molar-refractivity contribution is 8.00. The summed E-state index contributed by atoms with van der Waals surface area (Å²) in [6.45, 7) is 2.13. The van der Waals surface area contributed by atoms with E-state index in [1.165, 1.54) is 24.2 Å². The van der Waals surface area contributed by atoms with Crippen LogP contribution in [0.25, 0.3) is 6.08 Å². The second-order valence-corrected chi connectivity index (χ2v) is 5.51. The third kappa shape index (κ3) is 4.03. The van der Waals surface area contributed by atoms with Crippen LogP contribution in [0.5, 0.6) is 0 Å². The number of hydrogen-bond donors (Lipinski definition) is 1. The smallest absolute Gasteiger partial charge is 0.0172 e. The van der Waals surface area contributed by atoms with Gasteiger partial charge in [0.1, 0.15) is 0 Å². The van der Waals surface area contributed by atoms with E-state index in [1.807, 2.05) is 6.07 Å². The fourth-order valence-electron chi connectivity index (χ4n) is 1.89. The second-order valence-electron chi connectivity index (χ2n) is 4.11. The molecule has 0 bridgehead atoms. The van der Waals surface area contributed by atoms with E-state index in [-0.39, 0.29) is 0 Å². The molecule has 1 saturated heterocycles. The van der Waals surface area contributed by atoms with Crippen LogP contribution in [0, 0.1) is 0 Å². The Bertz CT molecular complexity index is 315. The molecule has 1 N–H and O–H groups in total. The van der Waals surface area contributed by atoms with E-state index in [1.54, 1.807) is 0 Å². The molecule has 0 aliphatic carbocycles. The summed E-state index contributed by atoms with van der Waals surface area (Å²) >= 11 is 2.11. The van der Waals surface area contributed by atoms with Crippen molar-refractivity contribution >= 4 is 17.8 Å². The van der Waals surface area contributed by atoms with Crippen LogP contribution in [-0.2, 0) is 0 Å². The summed E-state index contributed by atoms with van der Waals surface area (Å²) in [5.74, 6) is 1.35. The Kier molecular flexibility index (Phi) is 4.97. The molecule has 0 saturated carbocycles. The molecule has 1 fully saturated rings. The van der Waals surface area contributed by atoms with Crippen molar-refractivity contribution < 1.29 is 0 Å². The van der Waals surface area contributed by atoms with Crippen LogP contribution in [0.4, 0.5) is 0 Å². The van der Waals surface area contributed by atoms with Crippen molar-refractivity contribution in [1.29, 1.82) is 0 Å². The van der Waals surface area contributed by atoms with E-state index >= 15 is 0 Å². The van der Waals surface area contributed by atoms with Gasteiger partial charge in [-0.15, -0.1) is 0 Å². The van der Waals surface area contributed by atoms with Crippen LogP contribution in [0.2, 0.25) is 0 Å². The van der Waals surface area contributed by atoms with Gasteiger partial charge >= 0.3 is 0 Å². The highest BCUT2D eigenvalue weighted by Gasteiger charge is 2.13. The summed E-state index contributed by atoms with van der Waals surface area (Å²) < 4.78 is 0. The van der Waals surface area contributed by atoms with Gasteiger partial charge < -0.3 is 5.32 Å². The van der Waals surface area contributed by atoms with Gasteiger partial charge in [0, 0.05) is 18.3 Å². The first-order valence-corrected chi connectivity index (χ1v) is 7.04. The molecule has 0 radical (unpaired) electrons. The maximum absolute atomic E-state index is 3.49. The number of rotatable bonds is 5. The Balaban J connectivity index is 1.62. The van der Waals surface area contributed by atoms with Crippen LogP contribution < -0.4 is 5.32 Å². The first-order valence-electron chi connectivity index (χ1n) is 5.99. The molecule has 16 heavy (non-hydrogen) atoms. The average Bonchev–Trinajstić information content (AvgIpc) is 2.83. The molecular formula is C14H19NS. The predicted molar refractivity (Wildman–Crippen MR) is 73.8 cm³/mol. The van der Waals surface area contributed by atoms with Gasteiger partial charge in [0.2, 0.25) is 0 Å². The largest absolute Gasteiger partial charge is 0.312 e. The number of benzene rings is 1. The zero-order valence-corrected chi connectivity index (χ0v) is 10.4. The molecule has 1 aliphatic heterocycles. The normalized spacial score (nSPS) is 20.6. The molecule has 1 heterocycles. The Hall–Kier alpha value is -0.730. The van der Waals surface area contributed by atoms with Crippen LogP contribution >= 0.6 is 11.8 Å². The highest BCUT2D eigenvalue weighted by atomic mass is 32.2. The quantitative estimate of drug-likeness (QED) is 0.784. The third-order valence-corrected chi connectivity index (χ3v) is 4.17. The van der Waals surface area contributed by atoms with Crippen LogP contribution in [-0.4, -0.2) is 24.1 Å². The summed E-state index contributed by atoms with van der Waals surface area (Å²) in [6, 6.07) is 10.4. The zero-order chi connectivity index (χ0) is 11.1. The molecule has 0 spiro atoms. The van der Waals surface area contributed by atoms with Crippen molar-refractivity contribution in [3.05, 3.63) is 42.0 Å². The standard InChI is InChI=1S/C14H19NS/c1-2-6-13(7-3-1)8-4-10-15-12-14-9-5-11-16-14/h1-4,6-8,14-15H,5,9-12H2/b8-4+. The molecule has 1 aromatic rings. The monoisotopic (exact) mass is 233 g/mol. The fourth-order valence-corrected chi connectivity index (χ4v) is 3.13. The number of thioether (sulfide) groups is 1. The molecule has 1 nitrogen and oxygen atoms in total. The Morgan fingerprint density at radius 1 is 1.31 bits per heavy atom. The summed E-state index contributed by atoms with van der Waals surface area (Å²) in [5, 5.41) is 4.34. The van der Waals surface area contributed by atoms with Gasteiger partial charge in [0.15, 0.2) is 0 Å². The predicted octanol–water partition coefficient (Wildman–Crippen LogP) is 3.19. The lowest BCUT2D eigenvalue weighted by molar-refractivity contribution is 0.684. The van der Waals surface area contributed by atoms with Crippen molar-refractivity contribution in [2.24, 2.45) is 0 Å². The van der Waals surface area contributed by atoms with Crippen LogP contribution in [0.3, 0.4) is 0 Å².